The molecule has 0 aliphatic rings. The van der Waals surface area contributed by atoms with Crippen molar-refractivity contribution in [2.75, 3.05) is 39.6 Å². The van der Waals surface area contributed by atoms with Crippen molar-refractivity contribution in [1.82, 2.24) is 0 Å². The minimum atomic E-state index is -4.97. The molecule has 0 aliphatic carbocycles. The molecule has 0 aromatic heterocycles. The number of carbonyl (C=O) groups excluding carboxylic acids is 4. The molecule has 0 saturated heterocycles. The van der Waals surface area contributed by atoms with Gasteiger partial charge in [-0.15, -0.1) is 0 Å². The first-order valence-corrected chi connectivity index (χ1v) is 43.8. The van der Waals surface area contributed by atoms with Crippen LogP contribution in [0.1, 0.15) is 395 Å². The van der Waals surface area contributed by atoms with Crippen molar-refractivity contribution in [3.63, 3.8) is 0 Å². The van der Waals surface area contributed by atoms with Gasteiger partial charge in [-0.1, -0.05) is 342 Å². The standard InChI is InChI=1S/C80H152O17P2/c1-7-10-12-14-16-18-20-22-24-25-27-31-35-39-43-50-56-62-77(82)90-68-75(96-79(84)64-59-53-45-41-37-33-29-28-30-34-38-42-49-55-61-73(6)9-3)70-94-98(86,87)92-66-74(81)67-93-99(88,89)95-71-76(69-91-78(83)63-57-51-47-46-48-54-60-72(4)5)97-80(85)65-58-52-44-40-36-32-26-23-21-19-17-15-13-11-8-2/h19,21,23,26,72-76,81H,7-18,20,22,24-25,27-71H2,1-6H3,(H,86,87)(H,88,89)/b21-19-,26-23-/t73?,74-,75-,76-/m1/s1. The van der Waals surface area contributed by atoms with Gasteiger partial charge in [0.25, 0.3) is 0 Å². The lowest BCUT2D eigenvalue weighted by atomic mass is 9.99. The SMILES string of the molecule is CCCCCC/C=C\C=C/CCCCCCCC(=O)O[C@H](COC(=O)CCCCCCCCC(C)C)COP(=O)(O)OC[C@H](O)COP(=O)(O)OC[C@@H](COC(=O)CCCCCCCCCCCCCCCCCCC)OC(=O)CCCCCCCCCCCCCCCCC(C)CC. The summed E-state index contributed by atoms with van der Waals surface area (Å²) in [5, 5.41) is 10.6. The number of hydrogen-bond acceptors (Lipinski definition) is 15. The van der Waals surface area contributed by atoms with E-state index in [1.54, 1.807) is 0 Å². The molecule has 3 N–H and O–H groups in total. The van der Waals surface area contributed by atoms with E-state index >= 15 is 0 Å². The Balaban J connectivity index is 5.26. The van der Waals surface area contributed by atoms with E-state index in [-0.39, 0.29) is 25.7 Å². The first-order chi connectivity index (χ1) is 47.9. The van der Waals surface area contributed by atoms with Gasteiger partial charge in [0.1, 0.15) is 19.3 Å². The van der Waals surface area contributed by atoms with E-state index in [0.29, 0.717) is 31.6 Å². The van der Waals surface area contributed by atoms with Crippen LogP contribution in [-0.4, -0.2) is 96.7 Å². The number of ether oxygens (including phenoxy) is 4. The predicted molar refractivity (Wildman–Crippen MR) is 404 cm³/mol. The number of hydrogen-bond donors (Lipinski definition) is 3. The monoisotopic (exact) mass is 1450 g/mol. The van der Waals surface area contributed by atoms with Crippen LogP contribution < -0.4 is 0 Å². The highest BCUT2D eigenvalue weighted by Crippen LogP contribution is 2.45. The van der Waals surface area contributed by atoms with Crippen LogP contribution in [0, 0.1) is 11.8 Å². The van der Waals surface area contributed by atoms with Crippen LogP contribution in [0.2, 0.25) is 0 Å². The van der Waals surface area contributed by atoms with Crippen LogP contribution >= 0.6 is 15.6 Å². The number of carbonyl (C=O) groups is 4. The molecule has 0 aromatic carbocycles. The summed E-state index contributed by atoms with van der Waals surface area (Å²) in [5.74, 6) is -0.622. The molecule has 584 valence electrons. The Kier molecular flexibility index (Phi) is 69.4. The van der Waals surface area contributed by atoms with Crippen LogP contribution in [0.3, 0.4) is 0 Å². The molecule has 0 radical (unpaired) electrons. The Morgan fingerprint density at radius 1 is 0.333 bits per heavy atom. The maximum absolute atomic E-state index is 13.1. The third-order valence-corrected chi connectivity index (χ3v) is 20.3. The molecule has 0 amide bonds. The zero-order valence-electron chi connectivity index (χ0n) is 64.3. The summed E-state index contributed by atoms with van der Waals surface area (Å²) in [5.41, 5.74) is 0. The lowest BCUT2D eigenvalue weighted by Crippen LogP contribution is -2.30. The minimum absolute atomic E-state index is 0.0841. The Morgan fingerprint density at radius 2 is 0.596 bits per heavy atom. The van der Waals surface area contributed by atoms with Gasteiger partial charge in [0, 0.05) is 25.7 Å². The molecule has 19 heteroatoms. The second-order valence-electron chi connectivity index (χ2n) is 28.8. The van der Waals surface area contributed by atoms with E-state index in [1.807, 2.05) is 0 Å². The molecule has 99 heavy (non-hydrogen) atoms. The molecular formula is C80H152O17P2. The molecule has 0 saturated carbocycles. The Labute approximate surface area is 605 Å². The van der Waals surface area contributed by atoms with Crippen LogP contribution in [0.5, 0.6) is 0 Å². The van der Waals surface area contributed by atoms with E-state index in [0.717, 1.165) is 115 Å². The summed E-state index contributed by atoms with van der Waals surface area (Å²) in [4.78, 5) is 72.9. The van der Waals surface area contributed by atoms with Gasteiger partial charge >= 0.3 is 39.5 Å². The summed E-state index contributed by atoms with van der Waals surface area (Å²) >= 11 is 0. The zero-order chi connectivity index (χ0) is 72.8. The van der Waals surface area contributed by atoms with Crippen molar-refractivity contribution in [1.29, 1.82) is 0 Å². The fourth-order valence-electron chi connectivity index (χ4n) is 11.8. The lowest BCUT2D eigenvalue weighted by molar-refractivity contribution is -0.161. The topological polar surface area (TPSA) is 237 Å². The molecule has 0 bridgehead atoms. The second-order valence-corrected chi connectivity index (χ2v) is 31.7. The predicted octanol–water partition coefficient (Wildman–Crippen LogP) is 23.4. The van der Waals surface area contributed by atoms with Crippen molar-refractivity contribution in [2.24, 2.45) is 11.8 Å². The number of aliphatic hydroxyl groups excluding tert-OH is 1. The smallest absolute Gasteiger partial charge is 0.462 e. The lowest BCUT2D eigenvalue weighted by Gasteiger charge is -2.21. The normalized spacial score (nSPS) is 14.4. The molecule has 0 heterocycles. The molecule has 17 nitrogen and oxygen atoms in total. The number of rotatable bonds is 77. The Bertz CT molecular complexity index is 2000. The average Bonchev–Trinajstić information content (AvgIpc) is 0.970. The summed E-state index contributed by atoms with van der Waals surface area (Å²) in [6, 6.07) is 0. The first-order valence-electron chi connectivity index (χ1n) is 40.8. The number of phosphoric acid groups is 2. The molecule has 0 aromatic rings. The summed E-state index contributed by atoms with van der Waals surface area (Å²) in [6.45, 7) is 9.53. The Morgan fingerprint density at radius 3 is 0.909 bits per heavy atom. The Hall–Kier alpha value is -2.46. The van der Waals surface area contributed by atoms with Gasteiger partial charge in [-0.25, -0.2) is 9.13 Å². The average molecular weight is 1450 g/mol. The van der Waals surface area contributed by atoms with Crippen LogP contribution in [0.4, 0.5) is 0 Å². The number of allylic oxidation sites excluding steroid dienone is 4. The van der Waals surface area contributed by atoms with E-state index in [2.05, 4.69) is 65.8 Å². The number of esters is 4. The van der Waals surface area contributed by atoms with Crippen molar-refractivity contribution in [3.05, 3.63) is 24.3 Å². The molecule has 6 atom stereocenters. The van der Waals surface area contributed by atoms with E-state index in [4.69, 9.17) is 37.0 Å². The van der Waals surface area contributed by atoms with Gasteiger partial charge in [-0.05, 0) is 63.2 Å². The highest BCUT2D eigenvalue weighted by molar-refractivity contribution is 7.47. The van der Waals surface area contributed by atoms with Gasteiger partial charge in [0.05, 0.1) is 26.4 Å². The molecule has 3 unspecified atom stereocenters. The van der Waals surface area contributed by atoms with Gasteiger partial charge in [0.15, 0.2) is 12.2 Å². The second kappa shape index (κ2) is 71.2. The zero-order valence-corrected chi connectivity index (χ0v) is 66.1. The molecule has 0 rings (SSSR count). The third-order valence-electron chi connectivity index (χ3n) is 18.4. The van der Waals surface area contributed by atoms with E-state index in [1.165, 1.54) is 193 Å². The maximum Gasteiger partial charge on any atom is 0.472 e. The van der Waals surface area contributed by atoms with Crippen molar-refractivity contribution in [3.8, 4) is 0 Å². The van der Waals surface area contributed by atoms with Gasteiger partial charge in [-0.2, -0.15) is 0 Å². The number of phosphoric ester groups is 2. The number of aliphatic hydroxyl groups is 1. The highest BCUT2D eigenvalue weighted by Gasteiger charge is 2.30. The first kappa shape index (κ1) is 96.5. The van der Waals surface area contributed by atoms with Crippen molar-refractivity contribution < 1.29 is 80.2 Å². The van der Waals surface area contributed by atoms with Gasteiger partial charge < -0.3 is 33.8 Å². The summed E-state index contributed by atoms with van der Waals surface area (Å²) in [6.07, 6.45) is 63.3. The molecule has 0 fully saturated rings. The summed E-state index contributed by atoms with van der Waals surface area (Å²) in [7, 11) is -9.93. The quantitative estimate of drug-likeness (QED) is 0.0169. The largest absolute Gasteiger partial charge is 0.472 e. The highest BCUT2D eigenvalue weighted by atomic mass is 31.2. The summed E-state index contributed by atoms with van der Waals surface area (Å²) < 4.78 is 68.6. The molecule has 0 aliphatic heterocycles. The minimum Gasteiger partial charge on any atom is -0.462 e. The third kappa shape index (κ3) is 72.3. The van der Waals surface area contributed by atoms with E-state index < -0.39 is 97.5 Å². The molecule has 0 spiro atoms. The van der Waals surface area contributed by atoms with Crippen LogP contribution in [-0.2, 0) is 65.4 Å². The fraction of sp³-hybridized carbons (Fsp3) is 0.900. The van der Waals surface area contributed by atoms with Crippen molar-refractivity contribution >= 4 is 39.5 Å². The van der Waals surface area contributed by atoms with Gasteiger partial charge in [-0.3, -0.25) is 37.3 Å². The van der Waals surface area contributed by atoms with Crippen molar-refractivity contribution in [2.45, 2.75) is 413 Å². The maximum atomic E-state index is 13.1. The van der Waals surface area contributed by atoms with Gasteiger partial charge in [0.2, 0.25) is 0 Å². The van der Waals surface area contributed by atoms with E-state index in [9.17, 15) is 43.2 Å². The fourth-order valence-corrected chi connectivity index (χ4v) is 13.4. The van der Waals surface area contributed by atoms with Crippen LogP contribution in [0.25, 0.3) is 0 Å². The number of unbranched alkanes of at least 4 members (excludes halogenated alkanes) is 43. The molecular weight excluding hydrogens is 1290 g/mol. The van der Waals surface area contributed by atoms with Crippen LogP contribution in [0.15, 0.2) is 24.3 Å².